The Morgan fingerprint density at radius 3 is 2.64 bits per heavy atom. The summed E-state index contributed by atoms with van der Waals surface area (Å²) in [5, 5.41) is 2.74. The summed E-state index contributed by atoms with van der Waals surface area (Å²) in [5.41, 5.74) is 6.29. The average molecular weight is 420 g/mol. The van der Waals surface area contributed by atoms with Crippen LogP contribution < -0.4 is 15.6 Å². The maximum absolute atomic E-state index is 12.3. The summed E-state index contributed by atoms with van der Waals surface area (Å²) in [6.45, 7) is 0.957. The first kappa shape index (κ1) is 19.2. The maximum Gasteiger partial charge on any atom is 0.276 e. The first-order chi connectivity index (χ1) is 13.6. The number of nitrogens with one attached hydrogen (secondary N) is 2. The highest BCUT2D eigenvalue weighted by Gasteiger charge is 2.40. The number of hydrogen-bond donors (Lipinski definition) is 2. The summed E-state index contributed by atoms with van der Waals surface area (Å²) < 4.78 is 5.36. The third-order valence-corrected chi connectivity index (χ3v) is 6.31. The van der Waals surface area contributed by atoms with Crippen molar-refractivity contribution in [3.8, 4) is 5.75 Å². The highest BCUT2D eigenvalue weighted by atomic mass is 35.5. The number of hydrazine groups is 1. The SMILES string of the molecule is O=C(COc1ccc(Cl)cc1)NNC(=O)CN1CCc2sccc2[C@@H]1C1CC1. The van der Waals surface area contributed by atoms with Crippen molar-refractivity contribution >= 4 is 34.8 Å². The maximum atomic E-state index is 12.3. The van der Waals surface area contributed by atoms with Crippen LogP contribution in [0.5, 0.6) is 5.75 Å². The largest absolute Gasteiger partial charge is 0.484 e. The molecule has 2 heterocycles. The van der Waals surface area contributed by atoms with E-state index < -0.39 is 5.91 Å². The second-order valence-corrected chi connectivity index (χ2v) is 8.58. The fourth-order valence-corrected chi connectivity index (χ4v) is 4.66. The quantitative estimate of drug-likeness (QED) is 0.706. The number of carbonyl (C=O) groups excluding carboxylic acids is 2. The Bertz CT molecular complexity index is 851. The summed E-state index contributed by atoms with van der Waals surface area (Å²) >= 11 is 7.62. The van der Waals surface area contributed by atoms with Crippen LogP contribution in [0.4, 0.5) is 0 Å². The lowest BCUT2D eigenvalue weighted by molar-refractivity contribution is -0.131. The summed E-state index contributed by atoms with van der Waals surface area (Å²) in [5.74, 6) is 0.548. The van der Waals surface area contributed by atoms with E-state index in [1.165, 1.54) is 23.3 Å². The summed E-state index contributed by atoms with van der Waals surface area (Å²) in [4.78, 5) is 27.9. The Labute approximate surface area is 172 Å². The third kappa shape index (κ3) is 4.66. The molecule has 6 nitrogen and oxygen atoms in total. The van der Waals surface area contributed by atoms with Crippen LogP contribution in [-0.2, 0) is 16.0 Å². The number of benzene rings is 1. The van der Waals surface area contributed by atoms with Crippen LogP contribution in [0, 0.1) is 5.92 Å². The topological polar surface area (TPSA) is 70.7 Å². The summed E-state index contributed by atoms with van der Waals surface area (Å²) in [6, 6.07) is 9.25. The van der Waals surface area contributed by atoms with E-state index in [0.29, 0.717) is 22.7 Å². The van der Waals surface area contributed by atoms with Crippen LogP contribution in [0.2, 0.25) is 5.02 Å². The van der Waals surface area contributed by atoms with Crippen molar-refractivity contribution < 1.29 is 14.3 Å². The molecule has 2 aromatic rings. The number of rotatable bonds is 6. The van der Waals surface area contributed by atoms with Crippen molar-refractivity contribution in [2.45, 2.75) is 25.3 Å². The fourth-order valence-electron chi connectivity index (χ4n) is 3.62. The van der Waals surface area contributed by atoms with Crippen molar-refractivity contribution in [1.82, 2.24) is 15.8 Å². The van der Waals surface area contributed by atoms with E-state index in [9.17, 15) is 9.59 Å². The van der Waals surface area contributed by atoms with Crippen LogP contribution in [-0.4, -0.2) is 36.4 Å². The number of fused-ring (bicyclic) bond motifs is 1. The van der Waals surface area contributed by atoms with Gasteiger partial charge in [0.1, 0.15) is 5.75 Å². The molecule has 1 aliphatic carbocycles. The van der Waals surface area contributed by atoms with Crippen LogP contribution in [0.1, 0.15) is 29.3 Å². The van der Waals surface area contributed by atoms with Crippen molar-refractivity contribution in [3.05, 3.63) is 51.2 Å². The second-order valence-electron chi connectivity index (χ2n) is 7.14. The molecule has 2 amide bonds. The zero-order chi connectivity index (χ0) is 19.5. The van der Waals surface area contributed by atoms with Gasteiger partial charge in [0.15, 0.2) is 6.61 Å². The van der Waals surface area contributed by atoms with Gasteiger partial charge < -0.3 is 4.74 Å². The second kappa shape index (κ2) is 8.51. The standard InChI is InChI=1S/C20H22ClN3O3S/c21-14-3-5-15(6-4-14)27-12-19(26)23-22-18(25)11-24-9-7-17-16(8-10-28-17)20(24)13-1-2-13/h3-6,8,10,13,20H,1-2,7,9,11-12H2,(H,22,25)(H,23,26)/t20-/m0/s1. The van der Waals surface area contributed by atoms with Gasteiger partial charge >= 0.3 is 0 Å². The molecule has 1 aliphatic heterocycles. The van der Waals surface area contributed by atoms with Gasteiger partial charge in [0, 0.05) is 22.5 Å². The van der Waals surface area contributed by atoms with Crippen molar-refractivity contribution in [2.75, 3.05) is 19.7 Å². The molecular weight excluding hydrogens is 398 g/mol. The number of nitrogens with zero attached hydrogens (tertiary/aromatic N) is 1. The molecule has 1 saturated carbocycles. The zero-order valence-electron chi connectivity index (χ0n) is 15.3. The first-order valence-electron chi connectivity index (χ1n) is 9.36. The molecule has 1 aromatic heterocycles. The predicted molar refractivity (Wildman–Crippen MR) is 108 cm³/mol. The average Bonchev–Trinajstić information content (AvgIpc) is 3.41. The molecule has 0 unspecified atom stereocenters. The molecule has 0 radical (unpaired) electrons. The van der Waals surface area contributed by atoms with Crippen LogP contribution in [0.15, 0.2) is 35.7 Å². The molecule has 28 heavy (non-hydrogen) atoms. The molecule has 1 fully saturated rings. The summed E-state index contributed by atoms with van der Waals surface area (Å²) in [6.07, 6.45) is 3.42. The van der Waals surface area contributed by atoms with E-state index in [0.717, 1.165) is 13.0 Å². The Morgan fingerprint density at radius 2 is 1.89 bits per heavy atom. The van der Waals surface area contributed by atoms with E-state index >= 15 is 0 Å². The van der Waals surface area contributed by atoms with Gasteiger partial charge in [-0.3, -0.25) is 25.3 Å². The van der Waals surface area contributed by atoms with Gasteiger partial charge in [-0.15, -0.1) is 11.3 Å². The molecule has 8 heteroatoms. The van der Waals surface area contributed by atoms with Gasteiger partial charge in [-0.05, 0) is 66.5 Å². The molecule has 0 bridgehead atoms. The molecule has 2 N–H and O–H groups in total. The lowest BCUT2D eigenvalue weighted by atomic mass is 9.96. The monoisotopic (exact) mass is 419 g/mol. The minimum atomic E-state index is -0.416. The fraction of sp³-hybridized carbons (Fsp3) is 0.400. The Morgan fingerprint density at radius 1 is 1.14 bits per heavy atom. The van der Waals surface area contributed by atoms with Crippen molar-refractivity contribution in [2.24, 2.45) is 5.92 Å². The van der Waals surface area contributed by atoms with Gasteiger partial charge in [0.05, 0.1) is 6.54 Å². The number of hydrogen-bond acceptors (Lipinski definition) is 5. The number of thiophene rings is 1. The van der Waals surface area contributed by atoms with Crippen molar-refractivity contribution in [3.63, 3.8) is 0 Å². The van der Waals surface area contributed by atoms with Crippen LogP contribution in [0.3, 0.4) is 0 Å². The van der Waals surface area contributed by atoms with Crippen LogP contribution in [0.25, 0.3) is 0 Å². The van der Waals surface area contributed by atoms with Gasteiger partial charge in [-0.1, -0.05) is 11.6 Å². The Balaban J connectivity index is 1.24. The molecular formula is C20H22ClN3O3S. The van der Waals surface area contributed by atoms with Crippen LogP contribution >= 0.6 is 22.9 Å². The van der Waals surface area contributed by atoms with E-state index in [4.69, 9.17) is 16.3 Å². The van der Waals surface area contributed by atoms with Crippen molar-refractivity contribution in [1.29, 1.82) is 0 Å². The predicted octanol–water partition coefficient (Wildman–Crippen LogP) is 2.94. The van der Waals surface area contributed by atoms with E-state index in [-0.39, 0.29) is 19.1 Å². The molecule has 1 aromatic carbocycles. The lowest BCUT2D eigenvalue weighted by Crippen LogP contribution is -2.49. The highest BCUT2D eigenvalue weighted by Crippen LogP contribution is 2.48. The summed E-state index contributed by atoms with van der Waals surface area (Å²) in [7, 11) is 0. The van der Waals surface area contributed by atoms with E-state index in [1.54, 1.807) is 24.3 Å². The lowest BCUT2D eigenvalue weighted by Gasteiger charge is -2.35. The minimum Gasteiger partial charge on any atom is -0.484 e. The van der Waals surface area contributed by atoms with Gasteiger partial charge in [0.2, 0.25) is 0 Å². The van der Waals surface area contributed by atoms with E-state index in [2.05, 4.69) is 27.2 Å². The Kier molecular flexibility index (Phi) is 5.85. The molecule has 1 atom stereocenters. The molecule has 0 spiro atoms. The number of amides is 2. The van der Waals surface area contributed by atoms with Gasteiger partial charge in [-0.25, -0.2) is 0 Å². The smallest absolute Gasteiger partial charge is 0.276 e. The first-order valence-corrected chi connectivity index (χ1v) is 10.6. The van der Waals surface area contributed by atoms with E-state index in [1.807, 2.05) is 11.3 Å². The molecule has 4 rings (SSSR count). The molecule has 0 saturated heterocycles. The van der Waals surface area contributed by atoms with Gasteiger partial charge in [0.25, 0.3) is 11.8 Å². The normalized spacial score (nSPS) is 19.0. The number of ether oxygens (including phenoxy) is 1. The molecule has 2 aliphatic rings. The van der Waals surface area contributed by atoms with Gasteiger partial charge in [-0.2, -0.15) is 0 Å². The number of carbonyl (C=O) groups is 2. The number of halogens is 1. The third-order valence-electron chi connectivity index (χ3n) is 5.06. The minimum absolute atomic E-state index is 0.186. The Hall–Kier alpha value is -2.09. The zero-order valence-corrected chi connectivity index (χ0v) is 16.9. The molecule has 148 valence electrons. The highest BCUT2D eigenvalue weighted by molar-refractivity contribution is 7.10.